The number of nitrogens with two attached hydrogens (primary N) is 1. The molecule has 0 aliphatic heterocycles. The minimum atomic E-state index is -1.11. The number of hydrogen-bond donors (Lipinski definition) is 3. The van der Waals surface area contributed by atoms with Gasteiger partial charge in [0.15, 0.2) is 0 Å². The van der Waals surface area contributed by atoms with Crippen LogP contribution in [0.2, 0.25) is 0 Å². The van der Waals surface area contributed by atoms with Crippen LogP contribution in [-0.4, -0.2) is 23.0 Å². The Bertz CT molecular complexity index is 946. The molecule has 0 aromatic heterocycles. The first kappa shape index (κ1) is 21.3. The van der Waals surface area contributed by atoms with Crippen LogP contribution >= 0.6 is 0 Å². The van der Waals surface area contributed by atoms with E-state index in [0.717, 1.165) is 22.3 Å². The van der Waals surface area contributed by atoms with Crippen molar-refractivity contribution in [3.8, 4) is 0 Å². The SMILES string of the molecule is Cc1ccc(C(NC(=O)CCC(N)C(=O)O)(c2ccccc2)c2ccccc2)cc1. The van der Waals surface area contributed by atoms with Gasteiger partial charge in [0.05, 0.1) is 0 Å². The molecule has 0 saturated carbocycles. The molecule has 0 saturated heterocycles. The highest BCUT2D eigenvalue weighted by Gasteiger charge is 2.37. The molecular formula is C25H26N2O3. The zero-order chi connectivity index (χ0) is 21.6. The van der Waals surface area contributed by atoms with Crippen LogP contribution in [0.3, 0.4) is 0 Å². The van der Waals surface area contributed by atoms with Crippen LogP contribution in [0.5, 0.6) is 0 Å². The van der Waals surface area contributed by atoms with Crippen molar-refractivity contribution in [3.63, 3.8) is 0 Å². The quantitative estimate of drug-likeness (QED) is 0.502. The van der Waals surface area contributed by atoms with Crippen molar-refractivity contribution in [2.45, 2.75) is 31.3 Å². The van der Waals surface area contributed by atoms with Crippen molar-refractivity contribution in [3.05, 3.63) is 107 Å². The van der Waals surface area contributed by atoms with Crippen LogP contribution in [0, 0.1) is 6.92 Å². The molecule has 0 spiro atoms. The zero-order valence-corrected chi connectivity index (χ0v) is 16.9. The second kappa shape index (κ2) is 9.37. The highest BCUT2D eigenvalue weighted by molar-refractivity contribution is 5.80. The Balaban J connectivity index is 2.10. The predicted octanol–water partition coefficient (Wildman–Crippen LogP) is 3.60. The maximum atomic E-state index is 13.0. The van der Waals surface area contributed by atoms with Crippen LogP contribution in [0.15, 0.2) is 84.9 Å². The Morgan fingerprint density at radius 1 is 0.867 bits per heavy atom. The van der Waals surface area contributed by atoms with Gasteiger partial charge in [-0.25, -0.2) is 0 Å². The lowest BCUT2D eigenvalue weighted by atomic mass is 9.76. The highest BCUT2D eigenvalue weighted by atomic mass is 16.4. The first-order valence-corrected chi connectivity index (χ1v) is 9.91. The molecule has 0 heterocycles. The average Bonchev–Trinajstić information content (AvgIpc) is 2.77. The third-order valence-electron chi connectivity index (χ3n) is 5.22. The summed E-state index contributed by atoms with van der Waals surface area (Å²) in [4.78, 5) is 24.0. The molecular weight excluding hydrogens is 376 g/mol. The molecule has 0 aliphatic rings. The number of aryl methyl sites for hydroxylation is 1. The highest BCUT2D eigenvalue weighted by Crippen LogP contribution is 2.37. The fourth-order valence-corrected chi connectivity index (χ4v) is 3.58. The van der Waals surface area contributed by atoms with Crippen LogP contribution in [0.4, 0.5) is 0 Å². The Labute approximate surface area is 176 Å². The van der Waals surface area contributed by atoms with Crippen molar-refractivity contribution < 1.29 is 14.7 Å². The third kappa shape index (κ3) is 4.58. The summed E-state index contributed by atoms with van der Waals surface area (Å²) >= 11 is 0. The molecule has 154 valence electrons. The first-order valence-electron chi connectivity index (χ1n) is 9.91. The number of carbonyl (C=O) groups excluding carboxylic acids is 1. The largest absolute Gasteiger partial charge is 0.480 e. The topological polar surface area (TPSA) is 92.4 Å². The minimum absolute atomic E-state index is 0.0146. The fourth-order valence-electron chi connectivity index (χ4n) is 3.58. The van der Waals surface area contributed by atoms with Crippen molar-refractivity contribution in [2.24, 2.45) is 5.73 Å². The summed E-state index contributed by atoms with van der Waals surface area (Å²) in [7, 11) is 0. The summed E-state index contributed by atoms with van der Waals surface area (Å²) < 4.78 is 0. The number of carboxylic acids is 1. The van der Waals surface area contributed by atoms with E-state index in [9.17, 15) is 9.59 Å². The van der Waals surface area contributed by atoms with Crippen LogP contribution in [0.25, 0.3) is 0 Å². The molecule has 1 amide bonds. The van der Waals surface area contributed by atoms with Crippen molar-refractivity contribution in [2.75, 3.05) is 0 Å². The van der Waals surface area contributed by atoms with Gasteiger partial charge in [-0.15, -0.1) is 0 Å². The molecule has 0 aliphatic carbocycles. The average molecular weight is 402 g/mol. The summed E-state index contributed by atoms with van der Waals surface area (Å²) in [5.74, 6) is -1.38. The van der Waals surface area contributed by atoms with Gasteiger partial charge in [0.2, 0.25) is 5.91 Å². The van der Waals surface area contributed by atoms with E-state index in [1.54, 1.807) is 0 Å². The normalized spacial score (nSPS) is 12.2. The third-order valence-corrected chi connectivity index (χ3v) is 5.22. The van der Waals surface area contributed by atoms with Crippen molar-refractivity contribution >= 4 is 11.9 Å². The van der Waals surface area contributed by atoms with Crippen molar-refractivity contribution in [1.82, 2.24) is 5.32 Å². The first-order chi connectivity index (χ1) is 14.4. The molecule has 1 atom stereocenters. The second-order valence-electron chi connectivity index (χ2n) is 7.38. The molecule has 5 nitrogen and oxygen atoms in total. The maximum absolute atomic E-state index is 13.0. The van der Waals surface area contributed by atoms with E-state index in [1.165, 1.54) is 0 Å². The summed E-state index contributed by atoms with van der Waals surface area (Å²) in [6.45, 7) is 2.02. The number of carbonyl (C=O) groups is 2. The van der Waals surface area contributed by atoms with E-state index in [0.29, 0.717) is 0 Å². The predicted molar refractivity (Wildman–Crippen MR) is 117 cm³/mol. The molecule has 0 radical (unpaired) electrons. The Hall–Kier alpha value is -3.44. The van der Waals surface area contributed by atoms with Gasteiger partial charge >= 0.3 is 5.97 Å². The van der Waals surface area contributed by atoms with Gasteiger partial charge in [0.25, 0.3) is 0 Å². The van der Waals surface area contributed by atoms with E-state index in [-0.39, 0.29) is 18.7 Å². The van der Waals surface area contributed by atoms with E-state index in [2.05, 4.69) is 5.32 Å². The van der Waals surface area contributed by atoms with Gasteiger partial charge in [-0.3, -0.25) is 9.59 Å². The molecule has 30 heavy (non-hydrogen) atoms. The second-order valence-corrected chi connectivity index (χ2v) is 7.38. The number of amides is 1. The number of aliphatic carboxylic acids is 1. The summed E-state index contributed by atoms with van der Waals surface area (Å²) in [6.07, 6.45) is 0.0788. The molecule has 1 unspecified atom stereocenters. The van der Waals surface area contributed by atoms with Crippen molar-refractivity contribution in [1.29, 1.82) is 0 Å². The number of nitrogens with one attached hydrogen (secondary N) is 1. The molecule has 3 aromatic rings. The number of carboxylic acid groups (broad SMARTS) is 1. The molecule has 3 rings (SSSR count). The van der Waals surface area contributed by atoms with Crippen LogP contribution < -0.4 is 11.1 Å². The zero-order valence-electron chi connectivity index (χ0n) is 16.9. The van der Waals surface area contributed by atoms with Gasteiger partial charge < -0.3 is 16.2 Å². The number of hydrogen-bond acceptors (Lipinski definition) is 3. The fraction of sp³-hybridized carbons (Fsp3) is 0.200. The van der Waals surface area contributed by atoms with Crippen LogP contribution in [0.1, 0.15) is 35.1 Å². The molecule has 0 fully saturated rings. The summed E-state index contributed by atoms with van der Waals surface area (Å²) in [5, 5.41) is 12.2. The smallest absolute Gasteiger partial charge is 0.320 e. The lowest BCUT2D eigenvalue weighted by Gasteiger charge is -2.37. The lowest BCUT2D eigenvalue weighted by molar-refractivity contribution is -0.138. The van der Waals surface area contributed by atoms with E-state index in [1.807, 2.05) is 91.9 Å². The molecule has 3 aromatic carbocycles. The standard InChI is InChI=1S/C25H26N2O3/c1-18-12-14-21(15-13-18)25(19-8-4-2-5-9-19,20-10-6-3-7-11-20)27-23(28)17-16-22(26)24(29)30/h2-15,22H,16-17,26H2,1H3,(H,27,28)(H,29,30). The van der Waals surface area contributed by atoms with E-state index < -0.39 is 17.6 Å². The van der Waals surface area contributed by atoms with Gasteiger partial charge in [0.1, 0.15) is 11.6 Å². The van der Waals surface area contributed by atoms with E-state index >= 15 is 0 Å². The Kier molecular flexibility index (Phi) is 6.65. The van der Waals surface area contributed by atoms with Gasteiger partial charge in [-0.2, -0.15) is 0 Å². The molecule has 0 bridgehead atoms. The van der Waals surface area contributed by atoms with Crippen LogP contribution in [-0.2, 0) is 15.1 Å². The minimum Gasteiger partial charge on any atom is -0.480 e. The number of rotatable bonds is 8. The maximum Gasteiger partial charge on any atom is 0.320 e. The van der Waals surface area contributed by atoms with Gasteiger partial charge in [0, 0.05) is 6.42 Å². The number of benzene rings is 3. The summed E-state index contributed by atoms with van der Waals surface area (Å²) in [5.41, 5.74) is 8.54. The van der Waals surface area contributed by atoms with Gasteiger partial charge in [-0.05, 0) is 30.0 Å². The lowest BCUT2D eigenvalue weighted by Crippen LogP contribution is -2.48. The molecule has 4 N–H and O–H groups in total. The summed E-state index contributed by atoms with van der Waals surface area (Å²) in [6, 6.07) is 26.5. The van der Waals surface area contributed by atoms with E-state index in [4.69, 9.17) is 10.8 Å². The Morgan fingerprint density at radius 3 is 1.80 bits per heavy atom. The molecule has 5 heteroatoms. The monoisotopic (exact) mass is 402 g/mol. The van der Waals surface area contributed by atoms with Gasteiger partial charge in [-0.1, -0.05) is 90.5 Å². The Morgan fingerprint density at radius 2 is 1.33 bits per heavy atom.